The maximum Gasteiger partial charge on any atom is 0.327 e. The molecule has 3 rings (SSSR count). The van der Waals surface area contributed by atoms with Crippen molar-refractivity contribution >= 4 is 27.6 Å². The van der Waals surface area contributed by atoms with Gasteiger partial charge in [0.25, 0.3) is 0 Å². The Balaban J connectivity index is 1.76. The second-order valence-corrected chi connectivity index (χ2v) is 6.38. The van der Waals surface area contributed by atoms with E-state index >= 15 is 0 Å². The molecule has 1 unspecified atom stereocenters. The molecule has 1 aliphatic heterocycles. The number of anilines is 1. The van der Waals surface area contributed by atoms with Gasteiger partial charge in [-0.15, -0.1) is 0 Å². The summed E-state index contributed by atoms with van der Waals surface area (Å²) in [4.78, 5) is 20.3. The Morgan fingerprint density at radius 1 is 1.22 bits per heavy atom. The number of hydrogen-bond donors (Lipinski definition) is 1. The van der Waals surface area contributed by atoms with Gasteiger partial charge in [0.15, 0.2) is 6.04 Å². The largest absolute Gasteiger partial charge is 0.480 e. The summed E-state index contributed by atoms with van der Waals surface area (Å²) in [5, 5.41) is 9.71. The molecule has 23 heavy (non-hydrogen) atoms. The molecule has 1 aliphatic rings. The SMILES string of the molecule is Cn1cnc(Br)c1C(C(=O)O)N1CCN(c2ccccc2)CC1. The highest BCUT2D eigenvalue weighted by atomic mass is 79.9. The second-order valence-electron chi connectivity index (χ2n) is 5.63. The first-order valence-electron chi connectivity index (χ1n) is 7.51. The molecule has 1 fully saturated rings. The molecule has 0 spiro atoms. The molecule has 0 bridgehead atoms. The fraction of sp³-hybridized carbons (Fsp3) is 0.375. The topological polar surface area (TPSA) is 61.6 Å². The van der Waals surface area contributed by atoms with E-state index in [1.807, 2.05) is 30.1 Å². The number of piperazine rings is 1. The maximum absolute atomic E-state index is 11.8. The lowest BCUT2D eigenvalue weighted by Crippen LogP contribution is -2.49. The van der Waals surface area contributed by atoms with E-state index in [4.69, 9.17) is 0 Å². The average Bonchev–Trinajstić information content (AvgIpc) is 2.89. The number of carbonyl (C=O) groups is 1. The summed E-state index contributed by atoms with van der Waals surface area (Å²) in [6.07, 6.45) is 1.63. The highest BCUT2D eigenvalue weighted by Crippen LogP contribution is 2.28. The van der Waals surface area contributed by atoms with Gasteiger partial charge < -0.3 is 14.6 Å². The van der Waals surface area contributed by atoms with E-state index in [1.54, 1.807) is 10.9 Å². The molecule has 0 radical (unpaired) electrons. The van der Waals surface area contributed by atoms with Crippen molar-refractivity contribution in [2.75, 3.05) is 31.1 Å². The van der Waals surface area contributed by atoms with Gasteiger partial charge in [-0.05, 0) is 28.1 Å². The summed E-state index contributed by atoms with van der Waals surface area (Å²) in [6.45, 7) is 3.01. The number of aliphatic carboxylic acids is 1. The Kier molecular flexibility index (Phi) is 4.68. The molecule has 2 heterocycles. The second kappa shape index (κ2) is 6.72. The zero-order valence-corrected chi connectivity index (χ0v) is 14.5. The summed E-state index contributed by atoms with van der Waals surface area (Å²) in [5.74, 6) is -0.845. The zero-order chi connectivity index (χ0) is 16.4. The number of carboxylic acids is 1. The molecule has 0 saturated carbocycles. The summed E-state index contributed by atoms with van der Waals surface area (Å²) < 4.78 is 2.37. The minimum atomic E-state index is -0.845. The minimum absolute atomic E-state index is 0.595. The smallest absolute Gasteiger partial charge is 0.327 e. The Hall–Kier alpha value is -1.86. The molecule has 2 aromatic rings. The highest BCUT2D eigenvalue weighted by molar-refractivity contribution is 9.10. The van der Waals surface area contributed by atoms with Gasteiger partial charge in [0, 0.05) is 38.9 Å². The normalized spacial score (nSPS) is 17.2. The number of imidazole rings is 1. The molecule has 122 valence electrons. The summed E-state index contributed by atoms with van der Waals surface area (Å²) in [6, 6.07) is 9.53. The lowest BCUT2D eigenvalue weighted by molar-refractivity contribution is -0.144. The number of halogens is 1. The molecule has 0 aliphatic carbocycles. The van der Waals surface area contributed by atoms with Gasteiger partial charge in [0.1, 0.15) is 4.60 Å². The van der Waals surface area contributed by atoms with Crippen LogP contribution in [-0.4, -0.2) is 51.7 Å². The Morgan fingerprint density at radius 3 is 2.39 bits per heavy atom. The van der Waals surface area contributed by atoms with Crippen LogP contribution in [0.2, 0.25) is 0 Å². The van der Waals surface area contributed by atoms with E-state index in [0.717, 1.165) is 13.1 Å². The van der Waals surface area contributed by atoms with Crippen LogP contribution >= 0.6 is 15.9 Å². The predicted octanol–water partition coefficient (Wildman–Crippen LogP) is 2.13. The molecule has 1 atom stereocenters. The van der Waals surface area contributed by atoms with E-state index < -0.39 is 12.0 Å². The Bertz CT molecular complexity index is 661. The van der Waals surface area contributed by atoms with Crippen molar-refractivity contribution < 1.29 is 9.90 Å². The van der Waals surface area contributed by atoms with Crippen molar-refractivity contribution in [2.45, 2.75) is 6.04 Å². The van der Waals surface area contributed by atoms with Crippen molar-refractivity contribution in [3.8, 4) is 0 Å². The summed E-state index contributed by atoms with van der Waals surface area (Å²) in [7, 11) is 1.82. The van der Waals surface area contributed by atoms with Crippen molar-refractivity contribution in [1.29, 1.82) is 0 Å². The van der Waals surface area contributed by atoms with E-state index in [2.05, 4.69) is 37.9 Å². The average molecular weight is 379 g/mol. The first kappa shape index (κ1) is 16.0. The third kappa shape index (κ3) is 3.25. The number of hydrogen-bond acceptors (Lipinski definition) is 4. The van der Waals surface area contributed by atoms with Crippen molar-refractivity contribution in [3.05, 3.63) is 47.0 Å². The van der Waals surface area contributed by atoms with Gasteiger partial charge in [0.2, 0.25) is 0 Å². The van der Waals surface area contributed by atoms with Crippen LogP contribution in [0.25, 0.3) is 0 Å². The number of carboxylic acid groups (broad SMARTS) is 1. The summed E-state index contributed by atoms with van der Waals surface area (Å²) in [5.41, 5.74) is 1.87. The van der Waals surface area contributed by atoms with Crippen LogP contribution in [0, 0.1) is 0 Å². The quantitative estimate of drug-likeness (QED) is 0.882. The van der Waals surface area contributed by atoms with Gasteiger partial charge in [-0.25, -0.2) is 4.98 Å². The molecule has 0 amide bonds. The van der Waals surface area contributed by atoms with E-state index in [0.29, 0.717) is 23.4 Å². The molecular formula is C16H19BrN4O2. The monoisotopic (exact) mass is 378 g/mol. The van der Waals surface area contributed by atoms with Crippen LogP contribution in [0.15, 0.2) is 41.3 Å². The molecule has 1 aromatic carbocycles. The molecular weight excluding hydrogens is 360 g/mol. The third-order valence-corrected chi connectivity index (χ3v) is 4.84. The number of aromatic nitrogens is 2. The van der Waals surface area contributed by atoms with Gasteiger partial charge in [0.05, 0.1) is 12.0 Å². The van der Waals surface area contributed by atoms with Crippen LogP contribution < -0.4 is 4.90 Å². The van der Waals surface area contributed by atoms with Gasteiger partial charge in [-0.1, -0.05) is 18.2 Å². The van der Waals surface area contributed by atoms with E-state index in [9.17, 15) is 9.90 Å². The first-order valence-corrected chi connectivity index (χ1v) is 8.31. The summed E-state index contributed by atoms with van der Waals surface area (Å²) >= 11 is 3.37. The fourth-order valence-electron chi connectivity index (χ4n) is 3.04. The van der Waals surface area contributed by atoms with E-state index in [-0.39, 0.29) is 0 Å². The van der Waals surface area contributed by atoms with E-state index in [1.165, 1.54) is 5.69 Å². The van der Waals surface area contributed by atoms with Crippen LogP contribution in [-0.2, 0) is 11.8 Å². The predicted molar refractivity (Wildman–Crippen MR) is 91.5 cm³/mol. The minimum Gasteiger partial charge on any atom is -0.480 e. The lowest BCUT2D eigenvalue weighted by Gasteiger charge is -2.38. The van der Waals surface area contributed by atoms with Crippen molar-refractivity contribution in [3.63, 3.8) is 0 Å². The molecule has 7 heteroatoms. The molecule has 6 nitrogen and oxygen atoms in total. The zero-order valence-electron chi connectivity index (χ0n) is 12.9. The number of rotatable bonds is 4. The van der Waals surface area contributed by atoms with Crippen LogP contribution in [0.1, 0.15) is 11.7 Å². The van der Waals surface area contributed by atoms with Crippen LogP contribution in [0.3, 0.4) is 0 Å². The number of aryl methyl sites for hydroxylation is 1. The Labute approximate surface area is 143 Å². The lowest BCUT2D eigenvalue weighted by atomic mass is 10.1. The molecule has 1 N–H and O–H groups in total. The highest BCUT2D eigenvalue weighted by Gasteiger charge is 2.34. The number of benzene rings is 1. The molecule has 1 aromatic heterocycles. The van der Waals surface area contributed by atoms with Crippen molar-refractivity contribution in [1.82, 2.24) is 14.5 Å². The molecule has 1 saturated heterocycles. The first-order chi connectivity index (χ1) is 11.1. The van der Waals surface area contributed by atoms with Gasteiger partial charge >= 0.3 is 5.97 Å². The van der Waals surface area contributed by atoms with Crippen LogP contribution in [0.5, 0.6) is 0 Å². The standard InChI is InChI=1S/C16H19BrN4O2/c1-19-11-18-15(17)13(19)14(16(22)23)21-9-7-20(8-10-21)12-5-3-2-4-6-12/h2-6,11,14H,7-10H2,1H3,(H,22,23). The van der Waals surface area contributed by atoms with Crippen molar-refractivity contribution in [2.24, 2.45) is 7.05 Å². The van der Waals surface area contributed by atoms with Crippen LogP contribution in [0.4, 0.5) is 5.69 Å². The van der Waals surface area contributed by atoms with Gasteiger partial charge in [-0.3, -0.25) is 9.69 Å². The van der Waals surface area contributed by atoms with Gasteiger partial charge in [-0.2, -0.15) is 0 Å². The maximum atomic E-state index is 11.8. The fourth-order valence-corrected chi connectivity index (χ4v) is 3.63. The third-order valence-electron chi connectivity index (χ3n) is 4.23. The Morgan fingerprint density at radius 2 is 1.87 bits per heavy atom. The number of nitrogens with zero attached hydrogens (tertiary/aromatic N) is 4. The number of para-hydroxylation sites is 1.